The van der Waals surface area contributed by atoms with Crippen molar-refractivity contribution in [2.75, 3.05) is 26.2 Å². The predicted molar refractivity (Wildman–Crippen MR) is 51.3 cm³/mol. The molecule has 14 heavy (non-hydrogen) atoms. The van der Waals surface area contributed by atoms with E-state index in [2.05, 4.69) is 17.6 Å². The van der Waals surface area contributed by atoms with Crippen molar-refractivity contribution in [3.63, 3.8) is 0 Å². The molecule has 0 aromatic rings. The predicted octanol–water partition coefficient (Wildman–Crippen LogP) is 1.92. The van der Waals surface area contributed by atoms with Crippen LogP contribution in [0.25, 0.3) is 0 Å². The summed E-state index contributed by atoms with van der Waals surface area (Å²) in [6, 6.07) is 0. The largest absolute Gasteiger partial charge is 0.389 e. The molecule has 0 unspecified atom stereocenters. The minimum absolute atomic E-state index is 0.164. The lowest BCUT2D eigenvalue weighted by molar-refractivity contribution is -0.135. The van der Waals surface area contributed by atoms with Crippen molar-refractivity contribution in [1.29, 1.82) is 0 Å². The van der Waals surface area contributed by atoms with E-state index in [0.29, 0.717) is 6.54 Å². The van der Waals surface area contributed by atoms with Gasteiger partial charge >= 0.3 is 6.18 Å². The summed E-state index contributed by atoms with van der Waals surface area (Å²) in [5.74, 6) is 0. The number of halogens is 3. The first-order valence-corrected chi connectivity index (χ1v) is 5.04. The van der Waals surface area contributed by atoms with Crippen molar-refractivity contribution >= 4 is 0 Å². The van der Waals surface area contributed by atoms with Gasteiger partial charge in [0.15, 0.2) is 0 Å². The van der Waals surface area contributed by atoms with E-state index in [1.165, 1.54) is 0 Å². The summed E-state index contributed by atoms with van der Waals surface area (Å²) in [5.41, 5.74) is 0. The van der Waals surface area contributed by atoms with E-state index < -0.39 is 12.6 Å². The maximum absolute atomic E-state index is 11.7. The zero-order valence-electron chi connectivity index (χ0n) is 8.58. The number of alkyl halides is 3. The van der Waals surface area contributed by atoms with Gasteiger partial charge in [-0.2, -0.15) is 13.2 Å². The first-order chi connectivity index (χ1) is 6.56. The zero-order chi connectivity index (χ0) is 10.9. The highest BCUT2D eigenvalue weighted by Gasteiger charge is 2.25. The van der Waals surface area contributed by atoms with Gasteiger partial charge in [0.1, 0.15) is 0 Å². The summed E-state index contributed by atoms with van der Waals surface area (Å²) in [5, 5.41) is 6.11. The van der Waals surface area contributed by atoms with Gasteiger partial charge in [-0.1, -0.05) is 6.92 Å². The highest BCUT2D eigenvalue weighted by molar-refractivity contribution is 4.55. The molecule has 0 radical (unpaired) electrons. The minimum atomic E-state index is -4.01. The van der Waals surface area contributed by atoms with Crippen molar-refractivity contribution < 1.29 is 13.2 Å². The van der Waals surface area contributed by atoms with Crippen LogP contribution in [0, 0.1) is 0 Å². The maximum atomic E-state index is 11.7. The van der Waals surface area contributed by atoms with Gasteiger partial charge in [-0.15, -0.1) is 0 Å². The first kappa shape index (κ1) is 13.7. The van der Waals surface area contributed by atoms with E-state index in [1.54, 1.807) is 0 Å². The van der Waals surface area contributed by atoms with Gasteiger partial charge in [0.2, 0.25) is 0 Å². The molecule has 0 aromatic carbocycles. The molecule has 0 rings (SSSR count). The third-order valence-electron chi connectivity index (χ3n) is 1.72. The van der Waals surface area contributed by atoms with Gasteiger partial charge < -0.3 is 10.6 Å². The molecule has 86 valence electrons. The standard InChI is InChI=1S/C9H19F3N2/c1-2-5-13-7-8-14-6-3-4-9(10,11)12/h13-14H,2-8H2,1H3. The second-order valence-electron chi connectivity index (χ2n) is 3.22. The van der Waals surface area contributed by atoms with Gasteiger partial charge in [0, 0.05) is 19.5 Å². The average molecular weight is 212 g/mol. The van der Waals surface area contributed by atoms with Crippen LogP contribution in [0.2, 0.25) is 0 Å². The fourth-order valence-corrected chi connectivity index (χ4v) is 1.02. The zero-order valence-corrected chi connectivity index (χ0v) is 8.58. The molecule has 2 N–H and O–H groups in total. The van der Waals surface area contributed by atoms with E-state index in [9.17, 15) is 13.2 Å². The average Bonchev–Trinajstić information content (AvgIpc) is 2.08. The van der Waals surface area contributed by atoms with Crippen LogP contribution in [0.4, 0.5) is 13.2 Å². The molecule has 0 aliphatic carbocycles. The van der Waals surface area contributed by atoms with Crippen LogP contribution in [-0.4, -0.2) is 32.4 Å². The molecule has 0 aliphatic rings. The van der Waals surface area contributed by atoms with Crippen molar-refractivity contribution in [2.24, 2.45) is 0 Å². The third kappa shape index (κ3) is 11.7. The smallest absolute Gasteiger partial charge is 0.315 e. The molecule has 0 bridgehead atoms. The second-order valence-corrected chi connectivity index (χ2v) is 3.22. The Morgan fingerprint density at radius 2 is 1.50 bits per heavy atom. The van der Waals surface area contributed by atoms with Crippen LogP contribution in [0.5, 0.6) is 0 Å². The number of rotatable bonds is 8. The Morgan fingerprint density at radius 3 is 2.00 bits per heavy atom. The van der Waals surface area contributed by atoms with Crippen LogP contribution in [-0.2, 0) is 0 Å². The van der Waals surface area contributed by atoms with Crippen LogP contribution in [0.3, 0.4) is 0 Å². The summed E-state index contributed by atoms with van der Waals surface area (Å²) >= 11 is 0. The monoisotopic (exact) mass is 212 g/mol. The van der Waals surface area contributed by atoms with Gasteiger partial charge in [0.25, 0.3) is 0 Å². The van der Waals surface area contributed by atoms with E-state index in [-0.39, 0.29) is 6.42 Å². The second kappa shape index (κ2) is 8.05. The van der Waals surface area contributed by atoms with Gasteiger partial charge in [-0.3, -0.25) is 0 Å². The SMILES string of the molecule is CCCNCCNCCCC(F)(F)F. The Labute approximate surface area is 83.3 Å². The quantitative estimate of drug-likeness (QED) is 0.601. The van der Waals surface area contributed by atoms with Crippen molar-refractivity contribution in [3.05, 3.63) is 0 Å². The normalized spacial score (nSPS) is 12.0. The van der Waals surface area contributed by atoms with Gasteiger partial charge in [0.05, 0.1) is 0 Å². The summed E-state index contributed by atoms with van der Waals surface area (Å²) < 4.78 is 35.1. The Morgan fingerprint density at radius 1 is 0.929 bits per heavy atom. The van der Waals surface area contributed by atoms with E-state index in [0.717, 1.165) is 26.1 Å². The molecule has 0 amide bonds. The molecule has 0 atom stereocenters. The lowest BCUT2D eigenvalue weighted by Gasteiger charge is -2.07. The summed E-state index contributed by atoms with van der Waals surface area (Å²) in [6.45, 7) is 5.03. The molecule has 0 aliphatic heterocycles. The Bertz CT molecular complexity index is 126. The topological polar surface area (TPSA) is 24.1 Å². The van der Waals surface area contributed by atoms with Crippen LogP contribution in [0.1, 0.15) is 26.2 Å². The summed E-state index contributed by atoms with van der Waals surface area (Å²) in [7, 11) is 0. The highest BCUT2D eigenvalue weighted by Crippen LogP contribution is 2.20. The minimum Gasteiger partial charge on any atom is -0.315 e. The number of hydrogen-bond donors (Lipinski definition) is 2. The summed E-state index contributed by atoms with van der Waals surface area (Å²) in [6.07, 6.45) is -3.46. The number of nitrogens with one attached hydrogen (secondary N) is 2. The molecule has 0 saturated heterocycles. The lowest BCUT2D eigenvalue weighted by atomic mass is 10.3. The molecular formula is C9H19F3N2. The molecule has 0 saturated carbocycles. The molecule has 0 heterocycles. The van der Waals surface area contributed by atoms with Crippen molar-refractivity contribution in [1.82, 2.24) is 10.6 Å². The molecule has 5 heteroatoms. The van der Waals surface area contributed by atoms with Crippen molar-refractivity contribution in [2.45, 2.75) is 32.4 Å². The molecule has 0 aromatic heterocycles. The molecule has 0 fully saturated rings. The van der Waals surface area contributed by atoms with Crippen LogP contribution in [0.15, 0.2) is 0 Å². The first-order valence-electron chi connectivity index (χ1n) is 5.04. The van der Waals surface area contributed by atoms with Crippen LogP contribution < -0.4 is 10.6 Å². The number of hydrogen-bond acceptors (Lipinski definition) is 2. The third-order valence-corrected chi connectivity index (χ3v) is 1.72. The summed E-state index contributed by atoms with van der Waals surface area (Å²) in [4.78, 5) is 0. The van der Waals surface area contributed by atoms with Crippen molar-refractivity contribution in [3.8, 4) is 0 Å². The Kier molecular flexibility index (Phi) is 7.89. The Balaban J connectivity index is 2.99. The van der Waals surface area contributed by atoms with E-state index in [4.69, 9.17) is 0 Å². The lowest BCUT2D eigenvalue weighted by Crippen LogP contribution is -2.28. The Hall–Kier alpha value is -0.290. The van der Waals surface area contributed by atoms with Gasteiger partial charge in [-0.25, -0.2) is 0 Å². The van der Waals surface area contributed by atoms with Crippen LogP contribution >= 0.6 is 0 Å². The fraction of sp³-hybridized carbons (Fsp3) is 1.00. The molecule has 0 spiro atoms. The van der Waals surface area contributed by atoms with E-state index >= 15 is 0 Å². The highest BCUT2D eigenvalue weighted by atomic mass is 19.4. The fourth-order valence-electron chi connectivity index (χ4n) is 1.02. The van der Waals surface area contributed by atoms with Gasteiger partial charge in [-0.05, 0) is 25.9 Å². The van der Waals surface area contributed by atoms with E-state index in [1.807, 2.05) is 0 Å². The molecular weight excluding hydrogens is 193 g/mol. The maximum Gasteiger partial charge on any atom is 0.389 e. The molecule has 2 nitrogen and oxygen atoms in total.